The molecule has 0 bridgehead atoms. The molecule has 1 aromatic heterocycles. The highest BCUT2D eigenvalue weighted by Crippen LogP contribution is 2.21. The largest absolute Gasteiger partial charge is 0.474 e. The number of nitrogens with zero attached hydrogens (tertiary/aromatic N) is 1. The van der Waals surface area contributed by atoms with Gasteiger partial charge in [-0.3, -0.25) is 9.78 Å². The second-order valence-corrected chi connectivity index (χ2v) is 6.99. The highest BCUT2D eigenvalue weighted by molar-refractivity contribution is 7.91. The molecule has 1 atom stereocenters. The van der Waals surface area contributed by atoms with Crippen LogP contribution in [0.1, 0.15) is 20.3 Å². The van der Waals surface area contributed by atoms with E-state index in [1.165, 1.54) is 18.2 Å². The molecule has 1 heterocycles. The summed E-state index contributed by atoms with van der Waals surface area (Å²) in [5.41, 5.74) is -0.603. The number of sulfone groups is 1. The molecule has 0 radical (unpaired) electrons. The van der Waals surface area contributed by atoms with E-state index >= 15 is 0 Å². The lowest BCUT2D eigenvalue weighted by molar-refractivity contribution is 0.206. The van der Waals surface area contributed by atoms with Gasteiger partial charge in [-0.25, -0.2) is 8.42 Å². The number of halogens is 1. The monoisotopic (exact) mass is 342 g/mol. The van der Waals surface area contributed by atoms with Gasteiger partial charge in [0.25, 0.3) is 5.56 Å². The van der Waals surface area contributed by atoms with Gasteiger partial charge in [-0.1, -0.05) is 24.6 Å². The molecule has 0 spiro atoms. The van der Waals surface area contributed by atoms with E-state index < -0.39 is 20.6 Å². The van der Waals surface area contributed by atoms with Crippen molar-refractivity contribution in [2.75, 3.05) is 0 Å². The summed E-state index contributed by atoms with van der Waals surface area (Å²) in [4.78, 5) is 17.7. The molecule has 0 aliphatic carbocycles. The Kier molecular flexibility index (Phi) is 4.87. The van der Waals surface area contributed by atoms with Crippen molar-refractivity contribution in [3.8, 4) is 5.88 Å². The van der Waals surface area contributed by atoms with Crippen LogP contribution in [0.25, 0.3) is 0 Å². The first kappa shape index (κ1) is 16.5. The minimum Gasteiger partial charge on any atom is -0.474 e. The summed E-state index contributed by atoms with van der Waals surface area (Å²) >= 11 is 5.81. The van der Waals surface area contributed by atoms with Crippen molar-refractivity contribution in [3.05, 3.63) is 45.7 Å². The lowest BCUT2D eigenvalue weighted by atomic mass is 10.3. The number of aromatic nitrogens is 2. The molecule has 2 rings (SSSR count). The zero-order valence-corrected chi connectivity index (χ0v) is 13.6. The number of hydrogen-bond acceptors (Lipinski definition) is 5. The van der Waals surface area contributed by atoms with Crippen LogP contribution in [0.5, 0.6) is 5.88 Å². The lowest BCUT2D eigenvalue weighted by Crippen LogP contribution is -2.19. The van der Waals surface area contributed by atoms with E-state index in [1.54, 1.807) is 13.0 Å². The number of benzene rings is 1. The van der Waals surface area contributed by atoms with Crippen LogP contribution in [0.2, 0.25) is 5.02 Å². The van der Waals surface area contributed by atoms with E-state index in [1.807, 2.05) is 6.92 Å². The maximum absolute atomic E-state index is 12.5. The fourth-order valence-corrected chi connectivity index (χ4v) is 3.10. The number of aromatic amines is 1. The first-order valence-electron chi connectivity index (χ1n) is 6.61. The number of hydrogen-bond donors (Lipinski definition) is 1. The predicted molar refractivity (Wildman–Crippen MR) is 82.1 cm³/mol. The highest BCUT2D eigenvalue weighted by Gasteiger charge is 2.22. The molecule has 0 aliphatic heterocycles. The third-order valence-corrected chi connectivity index (χ3v) is 4.77. The van der Waals surface area contributed by atoms with E-state index in [2.05, 4.69) is 9.97 Å². The summed E-state index contributed by atoms with van der Waals surface area (Å²) in [7, 11) is -3.98. The molecule has 0 amide bonds. The van der Waals surface area contributed by atoms with Crippen molar-refractivity contribution in [2.24, 2.45) is 0 Å². The summed E-state index contributed by atoms with van der Waals surface area (Å²) in [6, 6.07) is 6.84. The minimum atomic E-state index is -3.98. The van der Waals surface area contributed by atoms with Gasteiger partial charge in [0.2, 0.25) is 20.9 Å². The molecule has 2 aromatic rings. The van der Waals surface area contributed by atoms with Gasteiger partial charge in [-0.2, -0.15) is 4.98 Å². The third kappa shape index (κ3) is 3.66. The predicted octanol–water partition coefficient (Wildman–Crippen LogP) is 2.43. The quantitative estimate of drug-likeness (QED) is 0.843. The van der Waals surface area contributed by atoms with Crippen molar-refractivity contribution in [1.82, 2.24) is 9.97 Å². The molecule has 1 aromatic carbocycles. The molecular formula is C14H15ClN2O4S. The van der Waals surface area contributed by atoms with Crippen molar-refractivity contribution >= 4 is 21.4 Å². The van der Waals surface area contributed by atoms with E-state index in [4.69, 9.17) is 16.3 Å². The maximum Gasteiger partial charge on any atom is 0.255 e. The number of rotatable bonds is 5. The Balaban J connectivity index is 2.49. The van der Waals surface area contributed by atoms with Crippen molar-refractivity contribution < 1.29 is 13.2 Å². The van der Waals surface area contributed by atoms with Crippen LogP contribution < -0.4 is 10.3 Å². The molecule has 118 valence electrons. The first-order valence-corrected chi connectivity index (χ1v) is 8.47. The topological polar surface area (TPSA) is 89.1 Å². The fraction of sp³-hybridized carbons (Fsp3) is 0.286. The van der Waals surface area contributed by atoms with E-state index in [9.17, 15) is 13.2 Å². The summed E-state index contributed by atoms with van der Waals surface area (Å²) in [6.45, 7) is 3.70. The Labute approximate surface area is 133 Å². The van der Waals surface area contributed by atoms with Gasteiger partial charge in [0.15, 0.2) is 0 Å². The number of nitrogens with one attached hydrogen (secondary N) is 1. The van der Waals surface area contributed by atoms with Crippen LogP contribution >= 0.6 is 11.6 Å². The van der Waals surface area contributed by atoms with Crippen LogP contribution in [-0.2, 0) is 9.84 Å². The summed E-state index contributed by atoms with van der Waals surface area (Å²) in [5.74, 6) is -0.0290. The molecule has 22 heavy (non-hydrogen) atoms. The fourth-order valence-electron chi connectivity index (χ4n) is 1.64. The van der Waals surface area contributed by atoms with E-state index in [-0.39, 0.29) is 21.9 Å². The second kappa shape index (κ2) is 6.50. The summed E-state index contributed by atoms with van der Waals surface area (Å²) < 4.78 is 30.4. The smallest absolute Gasteiger partial charge is 0.255 e. The van der Waals surface area contributed by atoms with Gasteiger partial charge in [0, 0.05) is 5.02 Å². The number of H-pyrrole nitrogens is 1. The molecule has 0 saturated heterocycles. The summed E-state index contributed by atoms with van der Waals surface area (Å²) in [5, 5.41) is -0.198. The second-order valence-electron chi connectivity index (χ2n) is 4.69. The molecule has 0 fully saturated rings. The third-order valence-electron chi connectivity index (χ3n) is 2.95. The van der Waals surface area contributed by atoms with Gasteiger partial charge < -0.3 is 4.74 Å². The first-order chi connectivity index (χ1) is 10.3. The molecule has 8 heteroatoms. The van der Waals surface area contributed by atoms with Crippen molar-refractivity contribution in [3.63, 3.8) is 0 Å². The van der Waals surface area contributed by atoms with Crippen LogP contribution in [0, 0.1) is 0 Å². The van der Waals surface area contributed by atoms with Gasteiger partial charge in [0.05, 0.1) is 17.1 Å². The zero-order chi connectivity index (χ0) is 16.3. The SMILES string of the molecule is CCC(C)Oc1cc(=O)[nH]c(S(=O)(=O)c2cccc(Cl)c2)n1. The minimum absolute atomic E-state index is 0.0290. The van der Waals surface area contributed by atoms with Crippen molar-refractivity contribution in [1.29, 1.82) is 0 Å². The Morgan fingerprint density at radius 1 is 1.36 bits per heavy atom. The Morgan fingerprint density at radius 2 is 2.09 bits per heavy atom. The average molecular weight is 343 g/mol. The maximum atomic E-state index is 12.5. The van der Waals surface area contributed by atoms with Gasteiger partial charge in [-0.05, 0) is 31.5 Å². The summed E-state index contributed by atoms with van der Waals surface area (Å²) in [6.07, 6.45) is 0.515. The molecule has 0 aliphatic rings. The van der Waals surface area contributed by atoms with Crippen molar-refractivity contribution in [2.45, 2.75) is 36.4 Å². The van der Waals surface area contributed by atoms with Crippen LogP contribution in [-0.4, -0.2) is 24.5 Å². The highest BCUT2D eigenvalue weighted by atomic mass is 35.5. The van der Waals surface area contributed by atoms with Crippen LogP contribution in [0.15, 0.2) is 45.2 Å². The van der Waals surface area contributed by atoms with Crippen LogP contribution in [0.4, 0.5) is 0 Å². The van der Waals surface area contributed by atoms with Gasteiger partial charge in [-0.15, -0.1) is 0 Å². The van der Waals surface area contributed by atoms with E-state index in [0.717, 1.165) is 6.07 Å². The lowest BCUT2D eigenvalue weighted by Gasteiger charge is -2.12. The Bertz CT molecular complexity index is 833. The average Bonchev–Trinajstić information content (AvgIpc) is 2.46. The molecule has 1 unspecified atom stereocenters. The molecule has 0 saturated carbocycles. The Morgan fingerprint density at radius 3 is 2.73 bits per heavy atom. The standard InChI is InChI=1S/C14H15ClN2O4S/c1-3-9(2)21-13-8-12(18)16-14(17-13)22(19,20)11-6-4-5-10(15)7-11/h4-9H,3H2,1-2H3,(H,16,17,18). The normalized spacial score (nSPS) is 12.9. The van der Waals surface area contributed by atoms with E-state index in [0.29, 0.717) is 6.42 Å². The Hall–Kier alpha value is -1.86. The molecule has 1 N–H and O–H groups in total. The zero-order valence-electron chi connectivity index (χ0n) is 12.0. The molecular weight excluding hydrogens is 328 g/mol. The van der Waals surface area contributed by atoms with Gasteiger partial charge >= 0.3 is 0 Å². The van der Waals surface area contributed by atoms with Gasteiger partial charge in [0.1, 0.15) is 0 Å². The molecule has 6 nitrogen and oxygen atoms in total. The number of ether oxygens (including phenoxy) is 1. The van der Waals surface area contributed by atoms with Crippen LogP contribution in [0.3, 0.4) is 0 Å².